The molecule has 1 fully saturated rings. The van der Waals surface area contributed by atoms with Crippen LogP contribution < -0.4 is 11.1 Å². The highest BCUT2D eigenvalue weighted by Gasteiger charge is 2.21. The zero-order valence-electron chi connectivity index (χ0n) is 8.70. The monoisotopic (exact) mass is 284 g/mol. The molecule has 3 N–H and O–H groups in total. The van der Waals surface area contributed by atoms with Crippen LogP contribution in [-0.2, 0) is 4.74 Å². The first-order valence-corrected chi connectivity index (χ1v) is 5.96. The van der Waals surface area contributed by atoms with E-state index in [-0.39, 0.29) is 6.10 Å². The molecule has 5 heteroatoms. The summed E-state index contributed by atoms with van der Waals surface area (Å²) in [6.07, 6.45) is 2.75. The maximum absolute atomic E-state index is 11.4. The Labute approximate surface area is 102 Å². The van der Waals surface area contributed by atoms with Crippen LogP contribution in [0.25, 0.3) is 0 Å². The third-order valence-corrected chi connectivity index (χ3v) is 2.95. The van der Waals surface area contributed by atoms with Crippen LogP contribution in [0.2, 0.25) is 0 Å². The lowest BCUT2D eigenvalue weighted by Crippen LogP contribution is -2.27. The van der Waals surface area contributed by atoms with Crippen molar-refractivity contribution in [3.8, 4) is 0 Å². The van der Waals surface area contributed by atoms with Crippen LogP contribution in [0.3, 0.4) is 0 Å². The summed E-state index contributed by atoms with van der Waals surface area (Å²) in [5.41, 5.74) is 6.88. The molecule has 1 amide bonds. The largest absolute Gasteiger partial charge is 0.446 e. The van der Waals surface area contributed by atoms with Gasteiger partial charge in [-0.1, -0.05) is 15.9 Å². The second-order valence-electron chi connectivity index (χ2n) is 3.86. The van der Waals surface area contributed by atoms with Crippen LogP contribution in [0.4, 0.5) is 16.2 Å². The topological polar surface area (TPSA) is 64.3 Å². The van der Waals surface area contributed by atoms with Crippen molar-refractivity contribution in [2.45, 2.75) is 25.4 Å². The summed E-state index contributed by atoms with van der Waals surface area (Å²) >= 11 is 3.31. The number of nitrogens with two attached hydrogens (primary N) is 1. The van der Waals surface area contributed by atoms with Gasteiger partial charge in [0, 0.05) is 15.8 Å². The summed E-state index contributed by atoms with van der Waals surface area (Å²) in [4.78, 5) is 11.4. The van der Waals surface area contributed by atoms with E-state index in [1.807, 2.05) is 0 Å². The number of amides is 1. The van der Waals surface area contributed by atoms with E-state index in [9.17, 15) is 4.79 Å². The van der Waals surface area contributed by atoms with Gasteiger partial charge in [0.15, 0.2) is 0 Å². The Balaban J connectivity index is 1.94. The number of rotatable bonds is 2. The fourth-order valence-corrected chi connectivity index (χ4v) is 1.98. The Bertz CT molecular complexity index is 385. The van der Waals surface area contributed by atoms with Gasteiger partial charge in [-0.25, -0.2) is 4.79 Å². The summed E-state index contributed by atoms with van der Waals surface area (Å²) in [6, 6.07) is 5.23. The van der Waals surface area contributed by atoms with Crippen molar-refractivity contribution in [1.29, 1.82) is 0 Å². The molecule has 0 aromatic heterocycles. The first kappa shape index (κ1) is 11.3. The van der Waals surface area contributed by atoms with Gasteiger partial charge in [0.2, 0.25) is 0 Å². The number of carbonyl (C=O) groups is 1. The first-order chi connectivity index (χ1) is 7.63. The lowest BCUT2D eigenvalue weighted by atomic mass is 9.96. The van der Waals surface area contributed by atoms with Gasteiger partial charge in [-0.2, -0.15) is 0 Å². The average Bonchev–Trinajstić information content (AvgIpc) is 2.09. The van der Waals surface area contributed by atoms with Crippen LogP contribution in [0.1, 0.15) is 19.3 Å². The van der Waals surface area contributed by atoms with Crippen LogP contribution in [-0.4, -0.2) is 12.2 Å². The van der Waals surface area contributed by atoms with Gasteiger partial charge in [-0.15, -0.1) is 0 Å². The molecule has 0 spiro atoms. The highest BCUT2D eigenvalue weighted by molar-refractivity contribution is 9.10. The molecule has 0 unspecified atom stereocenters. The van der Waals surface area contributed by atoms with Gasteiger partial charge in [0.05, 0.1) is 0 Å². The van der Waals surface area contributed by atoms with Crippen molar-refractivity contribution in [1.82, 2.24) is 0 Å². The van der Waals surface area contributed by atoms with Crippen molar-refractivity contribution in [3.05, 3.63) is 22.7 Å². The Morgan fingerprint density at radius 1 is 1.44 bits per heavy atom. The van der Waals surface area contributed by atoms with Crippen molar-refractivity contribution >= 4 is 33.4 Å². The quantitative estimate of drug-likeness (QED) is 0.820. The van der Waals surface area contributed by atoms with Gasteiger partial charge in [0.25, 0.3) is 0 Å². The predicted octanol–water partition coefficient (Wildman–Crippen LogP) is 3.13. The van der Waals surface area contributed by atoms with Gasteiger partial charge < -0.3 is 10.5 Å². The standard InChI is InChI=1S/C11H13BrN2O2/c12-7-4-8(13)6-9(5-7)14-11(15)16-10-2-1-3-10/h4-6,10H,1-3,13H2,(H,14,15). The molecule has 0 radical (unpaired) electrons. The molecule has 1 aromatic rings. The molecule has 1 saturated carbocycles. The Morgan fingerprint density at radius 2 is 2.19 bits per heavy atom. The summed E-state index contributed by atoms with van der Waals surface area (Å²) in [5, 5.41) is 2.65. The molecular formula is C11H13BrN2O2. The molecule has 2 rings (SSSR count). The number of nitrogens with one attached hydrogen (secondary N) is 1. The SMILES string of the molecule is Nc1cc(Br)cc(NC(=O)OC2CCC2)c1. The van der Waals surface area contributed by atoms with E-state index >= 15 is 0 Å². The third-order valence-electron chi connectivity index (χ3n) is 2.49. The van der Waals surface area contributed by atoms with Crippen LogP contribution in [0.5, 0.6) is 0 Å². The molecule has 1 aromatic carbocycles. The molecule has 0 saturated heterocycles. The van der Waals surface area contributed by atoms with E-state index in [2.05, 4.69) is 21.2 Å². The molecule has 16 heavy (non-hydrogen) atoms. The Morgan fingerprint density at radius 3 is 2.75 bits per heavy atom. The Hall–Kier alpha value is -1.23. The normalized spacial score (nSPS) is 15.3. The fraction of sp³-hybridized carbons (Fsp3) is 0.364. The second kappa shape index (κ2) is 4.74. The number of hydrogen-bond donors (Lipinski definition) is 2. The maximum Gasteiger partial charge on any atom is 0.411 e. The Kier molecular flexibility index (Phi) is 3.33. The van der Waals surface area contributed by atoms with Crippen LogP contribution >= 0.6 is 15.9 Å². The number of anilines is 2. The third kappa shape index (κ3) is 2.88. The van der Waals surface area contributed by atoms with E-state index in [1.54, 1.807) is 18.2 Å². The van der Waals surface area contributed by atoms with Gasteiger partial charge >= 0.3 is 6.09 Å². The minimum atomic E-state index is -0.415. The van der Waals surface area contributed by atoms with Crippen LogP contribution in [0.15, 0.2) is 22.7 Å². The minimum absolute atomic E-state index is 0.0875. The second-order valence-corrected chi connectivity index (χ2v) is 4.77. The minimum Gasteiger partial charge on any atom is -0.446 e. The maximum atomic E-state index is 11.4. The number of benzene rings is 1. The molecule has 1 aliphatic rings. The number of ether oxygens (including phenoxy) is 1. The lowest BCUT2D eigenvalue weighted by molar-refractivity contribution is 0.0624. The molecule has 0 atom stereocenters. The molecule has 1 aliphatic carbocycles. The zero-order chi connectivity index (χ0) is 11.5. The highest BCUT2D eigenvalue weighted by Crippen LogP contribution is 2.24. The molecule has 0 aliphatic heterocycles. The summed E-state index contributed by atoms with van der Waals surface area (Å²) in [5.74, 6) is 0. The molecular weight excluding hydrogens is 272 g/mol. The number of nitrogen functional groups attached to an aromatic ring is 1. The summed E-state index contributed by atoms with van der Waals surface area (Å²) < 4.78 is 5.99. The molecule has 0 heterocycles. The van der Waals surface area contributed by atoms with Gasteiger partial charge in [-0.05, 0) is 37.5 Å². The van der Waals surface area contributed by atoms with Crippen molar-refractivity contribution in [2.24, 2.45) is 0 Å². The van der Waals surface area contributed by atoms with Gasteiger partial charge in [-0.3, -0.25) is 5.32 Å². The first-order valence-electron chi connectivity index (χ1n) is 5.17. The number of hydrogen-bond acceptors (Lipinski definition) is 3. The van der Waals surface area contributed by atoms with Crippen molar-refractivity contribution < 1.29 is 9.53 Å². The van der Waals surface area contributed by atoms with Gasteiger partial charge in [0.1, 0.15) is 6.10 Å². The molecule has 4 nitrogen and oxygen atoms in total. The fourth-order valence-electron chi connectivity index (χ4n) is 1.47. The zero-order valence-corrected chi connectivity index (χ0v) is 10.3. The van der Waals surface area contributed by atoms with Crippen molar-refractivity contribution in [2.75, 3.05) is 11.1 Å². The van der Waals surface area contributed by atoms with E-state index in [1.165, 1.54) is 0 Å². The lowest BCUT2D eigenvalue weighted by Gasteiger charge is -2.25. The summed E-state index contributed by atoms with van der Waals surface area (Å²) in [6.45, 7) is 0. The predicted molar refractivity (Wildman–Crippen MR) is 66.3 cm³/mol. The van der Waals surface area contributed by atoms with E-state index in [0.29, 0.717) is 11.4 Å². The van der Waals surface area contributed by atoms with E-state index in [0.717, 1.165) is 23.7 Å². The summed E-state index contributed by atoms with van der Waals surface area (Å²) in [7, 11) is 0. The highest BCUT2D eigenvalue weighted by atomic mass is 79.9. The van der Waals surface area contributed by atoms with E-state index < -0.39 is 6.09 Å². The van der Waals surface area contributed by atoms with Crippen LogP contribution in [0, 0.1) is 0 Å². The number of carbonyl (C=O) groups excluding carboxylic acids is 1. The van der Waals surface area contributed by atoms with Crippen molar-refractivity contribution in [3.63, 3.8) is 0 Å². The van der Waals surface area contributed by atoms with E-state index in [4.69, 9.17) is 10.5 Å². The smallest absolute Gasteiger partial charge is 0.411 e. The average molecular weight is 285 g/mol. The number of halogens is 1. The molecule has 86 valence electrons. The molecule has 0 bridgehead atoms.